The monoisotopic (exact) mass is 489 g/mol. The zero-order chi connectivity index (χ0) is 26.1. The van der Waals surface area contributed by atoms with E-state index in [-0.39, 0.29) is 17.6 Å². The highest BCUT2D eigenvalue weighted by atomic mass is 16.2. The van der Waals surface area contributed by atoms with E-state index in [2.05, 4.69) is 0 Å². The molecule has 0 unspecified atom stereocenters. The number of ketones is 1. The van der Waals surface area contributed by atoms with Crippen LogP contribution in [0.2, 0.25) is 0 Å². The van der Waals surface area contributed by atoms with Crippen LogP contribution in [-0.2, 0) is 14.4 Å². The highest BCUT2D eigenvalue weighted by Crippen LogP contribution is 2.75. The van der Waals surface area contributed by atoms with Crippen LogP contribution >= 0.6 is 0 Å². The summed E-state index contributed by atoms with van der Waals surface area (Å²) < 4.78 is 0. The Morgan fingerprint density at radius 3 is 1.57 bits per heavy atom. The molecule has 1 heterocycles. The molecule has 6 rings (SSSR count). The van der Waals surface area contributed by atoms with Crippen molar-refractivity contribution in [3.8, 4) is 0 Å². The summed E-state index contributed by atoms with van der Waals surface area (Å²) >= 11 is 0. The molecule has 3 aliphatic rings. The third-order valence-electron chi connectivity index (χ3n) is 9.17. The SMILES string of the molecule is CC[C@]12C(=O)[C@](CC)(C(c3ccccc3)=C1c1ccccc1)[C@H]1C(=O)N(c3cc(C)ccc3C)C(=O)[C@H]12. The van der Waals surface area contributed by atoms with Crippen LogP contribution in [0, 0.1) is 36.5 Å². The molecule has 1 saturated carbocycles. The van der Waals surface area contributed by atoms with E-state index < -0.39 is 22.7 Å². The molecule has 4 atom stereocenters. The fourth-order valence-corrected chi connectivity index (χ4v) is 7.65. The van der Waals surface area contributed by atoms with Crippen molar-refractivity contribution < 1.29 is 14.4 Å². The topological polar surface area (TPSA) is 54.5 Å². The normalized spacial score (nSPS) is 28.4. The Balaban J connectivity index is 1.68. The summed E-state index contributed by atoms with van der Waals surface area (Å²) in [6, 6.07) is 25.8. The van der Waals surface area contributed by atoms with Crippen LogP contribution < -0.4 is 4.90 Å². The molecule has 1 aliphatic heterocycles. The van der Waals surface area contributed by atoms with Crippen molar-refractivity contribution in [1.29, 1.82) is 0 Å². The van der Waals surface area contributed by atoms with Crippen molar-refractivity contribution in [2.24, 2.45) is 22.7 Å². The molecule has 186 valence electrons. The first kappa shape index (κ1) is 23.6. The van der Waals surface area contributed by atoms with E-state index in [4.69, 9.17) is 0 Å². The molecule has 2 aliphatic carbocycles. The van der Waals surface area contributed by atoms with Crippen LogP contribution in [0.15, 0.2) is 78.9 Å². The van der Waals surface area contributed by atoms with Gasteiger partial charge >= 0.3 is 0 Å². The van der Waals surface area contributed by atoms with Gasteiger partial charge in [-0.15, -0.1) is 0 Å². The van der Waals surface area contributed by atoms with Crippen molar-refractivity contribution in [2.45, 2.75) is 40.5 Å². The Hall–Kier alpha value is -3.79. The number of benzene rings is 3. The molecular formula is C33H31NO3. The molecule has 0 aromatic heterocycles. The van der Waals surface area contributed by atoms with E-state index in [1.54, 1.807) is 0 Å². The summed E-state index contributed by atoms with van der Waals surface area (Å²) in [4.78, 5) is 44.9. The van der Waals surface area contributed by atoms with Crippen molar-refractivity contribution in [3.05, 3.63) is 101 Å². The fourth-order valence-electron chi connectivity index (χ4n) is 7.65. The van der Waals surface area contributed by atoms with E-state index in [0.717, 1.165) is 33.4 Å². The van der Waals surface area contributed by atoms with Gasteiger partial charge < -0.3 is 0 Å². The molecule has 3 aromatic carbocycles. The molecule has 3 aromatic rings. The number of anilines is 1. The van der Waals surface area contributed by atoms with Gasteiger partial charge in [0.15, 0.2) is 5.78 Å². The van der Waals surface area contributed by atoms with Crippen LogP contribution in [0.5, 0.6) is 0 Å². The Morgan fingerprint density at radius 1 is 0.676 bits per heavy atom. The van der Waals surface area contributed by atoms with E-state index in [0.29, 0.717) is 18.5 Å². The van der Waals surface area contributed by atoms with E-state index in [1.165, 1.54) is 4.90 Å². The summed E-state index contributed by atoms with van der Waals surface area (Å²) in [5.41, 5.74) is 4.17. The number of fused-ring (bicyclic) bond motifs is 5. The molecule has 2 amide bonds. The molecule has 0 N–H and O–H groups in total. The Labute approximate surface area is 218 Å². The van der Waals surface area contributed by atoms with Crippen LogP contribution in [-0.4, -0.2) is 17.6 Å². The second-order valence-corrected chi connectivity index (χ2v) is 10.7. The van der Waals surface area contributed by atoms with Gasteiger partial charge in [-0.25, -0.2) is 4.90 Å². The first-order valence-corrected chi connectivity index (χ1v) is 13.2. The van der Waals surface area contributed by atoms with Crippen LogP contribution in [0.1, 0.15) is 48.9 Å². The lowest BCUT2D eigenvalue weighted by Gasteiger charge is -2.38. The van der Waals surface area contributed by atoms with Gasteiger partial charge in [0.1, 0.15) is 0 Å². The number of nitrogens with zero attached hydrogens (tertiary/aromatic N) is 1. The minimum atomic E-state index is -1.05. The molecule has 37 heavy (non-hydrogen) atoms. The van der Waals surface area contributed by atoms with Crippen LogP contribution in [0.3, 0.4) is 0 Å². The molecule has 1 saturated heterocycles. The number of aryl methyl sites for hydroxylation is 2. The minimum Gasteiger partial charge on any atom is -0.298 e. The lowest BCUT2D eigenvalue weighted by molar-refractivity contribution is -0.134. The summed E-state index contributed by atoms with van der Waals surface area (Å²) in [7, 11) is 0. The van der Waals surface area contributed by atoms with Gasteiger partial charge in [0.05, 0.1) is 28.4 Å². The molecule has 2 fully saturated rings. The maximum Gasteiger partial charge on any atom is 0.239 e. The standard InChI is InChI=1S/C33H31NO3/c1-5-32-25(22-13-9-7-10-14-22)26(23-15-11-8-12-16-23)33(6-2,31(32)37)28-27(32)29(35)34(30(28)36)24-19-20(3)17-18-21(24)4/h7-19,27-28H,5-6H2,1-4H3/t27-,28+,32-,33+. The van der Waals surface area contributed by atoms with E-state index >= 15 is 0 Å². The summed E-state index contributed by atoms with van der Waals surface area (Å²) in [5.74, 6) is -1.86. The second kappa shape index (κ2) is 8.11. The third-order valence-corrected chi connectivity index (χ3v) is 9.17. The number of Topliss-reactive ketones (excluding diaryl/α,β-unsaturated/α-hetero) is 1. The van der Waals surface area contributed by atoms with Gasteiger partial charge in [-0.3, -0.25) is 14.4 Å². The first-order chi connectivity index (χ1) is 17.8. The molecule has 4 heteroatoms. The quantitative estimate of drug-likeness (QED) is 0.389. The smallest absolute Gasteiger partial charge is 0.239 e. The van der Waals surface area contributed by atoms with Crippen LogP contribution in [0.4, 0.5) is 5.69 Å². The highest BCUT2D eigenvalue weighted by molar-refractivity contribution is 6.34. The van der Waals surface area contributed by atoms with Crippen molar-refractivity contribution in [3.63, 3.8) is 0 Å². The fraction of sp³-hybridized carbons (Fsp3) is 0.303. The summed E-state index contributed by atoms with van der Waals surface area (Å²) in [6.45, 7) is 7.88. The maximum atomic E-state index is 14.7. The third kappa shape index (κ3) is 2.76. The predicted molar refractivity (Wildman–Crippen MR) is 146 cm³/mol. The van der Waals surface area contributed by atoms with Gasteiger partial charge in [0, 0.05) is 0 Å². The number of hydrogen-bond acceptors (Lipinski definition) is 3. The lowest BCUT2D eigenvalue weighted by Crippen LogP contribution is -2.42. The number of carbonyl (C=O) groups excluding carboxylic acids is 3. The van der Waals surface area contributed by atoms with E-state index in [9.17, 15) is 14.4 Å². The van der Waals surface area contributed by atoms with Crippen molar-refractivity contribution in [2.75, 3.05) is 4.90 Å². The second-order valence-electron chi connectivity index (χ2n) is 10.7. The predicted octanol–water partition coefficient (Wildman–Crippen LogP) is 6.41. The number of amides is 2. The Morgan fingerprint density at radius 2 is 1.14 bits per heavy atom. The van der Waals surface area contributed by atoms with Crippen LogP contribution in [0.25, 0.3) is 11.1 Å². The van der Waals surface area contributed by atoms with Gasteiger partial charge in [-0.1, -0.05) is 86.6 Å². The first-order valence-electron chi connectivity index (χ1n) is 13.2. The largest absolute Gasteiger partial charge is 0.298 e. The Kier molecular flexibility index (Phi) is 5.17. The van der Waals surface area contributed by atoms with E-state index in [1.807, 2.05) is 107 Å². The molecule has 2 bridgehead atoms. The van der Waals surface area contributed by atoms with Gasteiger partial charge in [0.2, 0.25) is 11.8 Å². The highest BCUT2D eigenvalue weighted by Gasteiger charge is 2.80. The molecule has 0 radical (unpaired) electrons. The zero-order valence-electron chi connectivity index (χ0n) is 21.7. The van der Waals surface area contributed by atoms with Gasteiger partial charge in [-0.05, 0) is 66.2 Å². The average molecular weight is 490 g/mol. The summed E-state index contributed by atoms with van der Waals surface area (Å²) in [6.07, 6.45) is 0.934. The van der Waals surface area contributed by atoms with Crippen molar-refractivity contribution >= 4 is 34.4 Å². The Bertz CT molecular complexity index is 1400. The molecule has 4 nitrogen and oxygen atoms in total. The molecule has 0 spiro atoms. The number of rotatable bonds is 5. The van der Waals surface area contributed by atoms with Gasteiger partial charge in [0.25, 0.3) is 0 Å². The average Bonchev–Trinajstić information content (AvgIpc) is 3.42. The zero-order valence-corrected chi connectivity index (χ0v) is 21.7. The number of imide groups is 1. The van der Waals surface area contributed by atoms with Gasteiger partial charge in [-0.2, -0.15) is 0 Å². The minimum absolute atomic E-state index is 0.0417. The number of carbonyl (C=O) groups is 3. The maximum absolute atomic E-state index is 14.7. The lowest BCUT2D eigenvalue weighted by atomic mass is 9.60. The summed E-state index contributed by atoms with van der Waals surface area (Å²) in [5, 5.41) is 0. The number of allylic oxidation sites excluding steroid dienone is 2. The van der Waals surface area contributed by atoms with Crippen molar-refractivity contribution in [1.82, 2.24) is 0 Å². The number of hydrogen-bond donors (Lipinski definition) is 0. The molecular weight excluding hydrogens is 458 g/mol.